The molecule has 36 heavy (non-hydrogen) atoms. The lowest BCUT2D eigenvalue weighted by Crippen LogP contribution is -2.53. The number of anilines is 1. The van der Waals surface area contributed by atoms with E-state index in [1.807, 2.05) is 67.6 Å². The number of likely N-dealkylation sites (N-methyl/N-ethyl adjacent to an activating group) is 1. The third-order valence-corrected chi connectivity index (χ3v) is 7.18. The van der Waals surface area contributed by atoms with Crippen LogP contribution >= 0.6 is 0 Å². The summed E-state index contributed by atoms with van der Waals surface area (Å²) in [6, 6.07) is 23.4. The first-order valence-corrected chi connectivity index (χ1v) is 13.6. The summed E-state index contributed by atoms with van der Waals surface area (Å²) in [7, 11) is -2.24. The summed E-state index contributed by atoms with van der Waals surface area (Å²) in [4.78, 5) is 28.4. The van der Waals surface area contributed by atoms with Gasteiger partial charge >= 0.3 is 0 Å². The molecule has 0 spiro atoms. The molecule has 0 radical (unpaired) electrons. The molecule has 3 rings (SSSR count). The van der Waals surface area contributed by atoms with E-state index in [1.54, 1.807) is 25.1 Å². The molecule has 0 aliphatic carbocycles. The van der Waals surface area contributed by atoms with Gasteiger partial charge in [0, 0.05) is 20.0 Å². The van der Waals surface area contributed by atoms with Gasteiger partial charge in [-0.3, -0.25) is 13.9 Å². The highest BCUT2D eigenvalue weighted by Crippen LogP contribution is 2.23. The maximum Gasteiger partial charge on any atom is 0.244 e. The number of para-hydroxylation sites is 1. The van der Waals surface area contributed by atoms with Crippen LogP contribution in [0.1, 0.15) is 22.3 Å². The van der Waals surface area contributed by atoms with Gasteiger partial charge in [0.25, 0.3) is 0 Å². The van der Waals surface area contributed by atoms with Crippen molar-refractivity contribution in [2.75, 3.05) is 24.2 Å². The predicted molar refractivity (Wildman–Crippen MR) is 143 cm³/mol. The monoisotopic (exact) mass is 507 g/mol. The molecule has 3 aromatic rings. The molecule has 0 aromatic heterocycles. The van der Waals surface area contributed by atoms with Gasteiger partial charge in [0.1, 0.15) is 12.6 Å². The van der Waals surface area contributed by atoms with Crippen molar-refractivity contribution in [2.45, 2.75) is 32.9 Å². The minimum atomic E-state index is -3.77. The van der Waals surface area contributed by atoms with Crippen molar-refractivity contribution in [2.24, 2.45) is 0 Å². The molecule has 0 bridgehead atoms. The predicted octanol–water partition coefficient (Wildman–Crippen LogP) is 3.46. The number of hydrogen-bond acceptors (Lipinski definition) is 4. The molecule has 1 N–H and O–H groups in total. The van der Waals surface area contributed by atoms with Crippen LogP contribution in [0.15, 0.2) is 78.9 Å². The van der Waals surface area contributed by atoms with Crippen LogP contribution in [0.2, 0.25) is 0 Å². The summed E-state index contributed by atoms with van der Waals surface area (Å²) in [6.45, 7) is 3.51. The SMILES string of the molecule is CNC(=O)[C@@H](Cc1ccccc1)N(Cc1ccc(C)cc1)C(=O)CN(c1ccccc1C)S(C)(=O)=O. The van der Waals surface area contributed by atoms with Gasteiger partial charge in [0.15, 0.2) is 0 Å². The lowest BCUT2D eigenvalue weighted by atomic mass is 10.0. The second-order valence-corrected chi connectivity index (χ2v) is 10.8. The van der Waals surface area contributed by atoms with Crippen LogP contribution in [0.4, 0.5) is 5.69 Å². The summed E-state index contributed by atoms with van der Waals surface area (Å²) in [5, 5.41) is 2.68. The quantitative estimate of drug-likeness (QED) is 0.455. The Hall–Kier alpha value is -3.65. The molecule has 0 unspecified atom stereocenters. The molecule has 1 atom stereocenters. The number of sulfonamides is 1. The Bertz CT molecular complexity index is 1290. The molecule has 0 heterocycles. The second kappa shape index (κ2) is 11.9. The Morgan fingerprint density at radius 2 is 1.47 bits per heavy atom. The molecule has 0 aliphatic heterocycles. The zero-order chi connectivity index (χ0) is 26.3. The van der Waals surface area contributed by atoms with Crippen LogP contribution in [0.5, 0.6) is 0 Å². The van der Waals surface area contributed by atoms with E-state index in [9.17, 15) is 18.0 Å². The van der Waals surface area contributed by atoms with Gasteiger partial charge in [-0.05, 0) is 36.6 Å². The first-order chi connectivity index (χ1) is 17.1. The average Bonchev–Trinajstić information content (AvgIpc) is 2.85. The van der Waals surface area contributed by atoms with Crippen molar-refractivity contribution in [3.05, 3.63) is 101 Å². The van der Waals surface area contributed by atoms with Crippen molar-refractivity contribution < 1.29 is 18.0 Å². The molecule has 0 saturated carbocycles. The molecule has 8 heteroatoms. The van der Waals surface area contributed by atoms with Gasteiger partial charge < -0.3 is 10.2 Å². The first kappa shape index (κ1) is 26.9. The van der Waals surface area contributed by atoms with Crippen molar-refractivity contribution in [3.8, 4) is 0 Å². The molecule has 7 nitrogen and oxygen atoms in total. The molecular weight excluding hydrogens is 474 g/mol. The Kier molecular flexibility index (Phi) is 8.88. The van der Waals surface area contributed by atoms with E-state index < -0.39 is 28.5 Å². The van der Waals surface area contributed by atoms with Crippen molar-refractivity contribution in [1.29, 1.82) is 0 Å². The van der Waals surface area contributed by atoms with Gasteiger partial charge in [-0.2, -0.15) is 0 Å². The Morgan fingerprint density at radius 1 is 0.861 bits per heavy atom. The highest BCUT2D eigenvalue weighted by atomic mass is 32.2. The zero-order valence-electron chi connectivity index (χ0n) is 21.1. The zero-order valence-corrected chi connectivity index (χ0v) is 22.0. The fourth-order valence-electron chi connectivity index (χ4n) is 4.05. The third kappa shape index (κ3) is 6.95. The van der Waals surface area contributed by atoms with E-state index in [1.165, 1.54) is 11.9 Å². The summed E-state index contributed by atoms with van der Waals surface area (Å²) >= 11 is 0. The maximum atomic E-state index is 13.8. The van der Waals surface area contributed by atoms with Crippen molar-refractivity contribution >= 4 is 27.5 Å². The highest BCUT2D eigenvalue weighted by Gasteiger charge is 2.32. The van der Waals surface area contributed by atoms with E-state index in [-0.39, 0.29) is 12.5 Å². The number of rotatable bonds is 10. The first-order valence-electron chi connectivity index (χ1n) is 11.7. The molecule has 190 valence electrons. The van der Waals surface area contributed by atoms with Crippen LogP contribution in [0, 0.1) is 13.8 Å². The van der Waals surface area contributed by atoms with Crippen molar-refractivity contribution in [3.63, 3.8) is 0 Å². The van der Waals surface area contributed by atoms with Crippen LogP contribution in [-0.4, -0.2) is 51.0 Å². The summed E-state index contributed by atoms with van der Waals surface area (Å²) in [6.07, 6.45) is 1.37. The second-order valence-electron chi connectivity index (χ2n) is 8.88. The minimum Gasteiger partial charge on any atom is -0.357 e. The van der Waals surface area contributed by atoms with Crippen LogP contribution < -0.4 is 9.62 Å². The van der Waals surface area contributed by atoms with E-state index in [0.29, 0.717) is 12.1 Å². The smallest absolute Gasteiger partial charge is 0.244 e. The number of hydrogen-bond donors (Lipinski definition) is 1. The molecular formula is C28H33N3O4S. The number of carbonyl (C=O) groups excluding carboxylic acids is 2. The minimum absolute atomic E-state index is 0.162. The molecule has 0 saturated heterocycles. The fourth-order valence-corrected chi connectivity index (χ4v) is 4.96. The lowest BCUT2D eigenvalue weighted by Gasteiger charge is -2.33. The van der Waals surface area contributed by atoms with Gasteiger partial charge in [0.2, 0.25) is 21.8 Å². The number of nitrogens with zero attached hydrogens (tertiary/aromatic N) is 2. The topological polar surface area (TPSA) is 86.8 Å². The van der Waals surface area contributed by atoms with Gasteiger partial charge in [-0.15, -0.1) is 0 Å². The van der Waals surface area contributed by atoms with E-state index in [4.69, 9.17) is 0 Å². The van der Waals surface area contributed by atoms with Gasteiger partial charge in [-0.1, -0.05) is 78.4 Å². The van der Waals surface area contributed by atoms with Gasteiger partial charge in [0.05, 0.1) is 11.9 Å². The number of benzene rings is 3. The number of amides is 2. The molecule has 0 aliphatic rings. The van der Waals surface area contributed by atoms with Crippen LogP contribution in [0.25, 0.3) is 0 Å². The van der Waals surface area contributed by atoms with E-state index in [2.05, 4.69) is 5.32 Å². The third-order valence-electron chi connectivity index (χ3n) is 6.05. The number of aryl methyl sites for hydroxylation is 2. The van der Waals surface area contributed by atoms with Gasteiger partial charge in [-0.25, -0.2) is 8.42 Å². The molecule has 0 fully saturated rings. The summed E-state index contributed by atoms with van der Waals surface area (Å²) in [5.74, 6) is -0.783. The summed E-state index contributed by atoms with van der Waals surface area (Å²) < 4.78 is 26.6. The highest BCUT2D eigenvalue weighted by molar-refractivity contribution is 7.92. The normalized spacial score (nSPS) is 12.0. The molecule has 2 amide bonds. The Morgan fingerprint density at radius 3 is 2.06 bits per heavy atom. The van der Waals surface area contributed by atoms with Crippen LogP contribution in [0.3, 0.4) is 0 Å². The standard InChI is InChI=1S/C28H33N3O4S/c1-21-14-16-24(17-15-21)19-30(26(28(33)29-3)18-23-11-6-5-7-12-23)27(32)20-31(36(4,34)35)25-13-9-8-10-22(25)2/h5-17,26H,18-20H2,1-4H3,(H,29,33)/t26-/m1/s1. The number of nitrogens with one attached hydrogen (secondary N) is 1. The lowest BCUT2D eigenvalue weighted by molar-refractivity contribution is -0.139. The average molecular weight is 508 g/mol. The Labute approximate surface area is 213 Å². The molecule has 3 aromatic carbocycles. The van der Waals surface area contributed by atoms with Crippen molar-refractivity contribution in [1.82, 2.24) is 10.2 Å². The maximum absolute atomic E-state index is 13.8. The Balaban J connectivity index is 2.03. The van der Waals surface area contributed by atoms with Crippen LogP contribution in [-0.2, 0) is 32.6 Å². The largest absolute Gasteiger partial charge is 0.357 e. The fraction of sp³-hybridized carbons (Fsp3) is 0.286. The van der Waals surface area contributed by atoms with E-state index >= 15 is 0 Å². The number of carbonyl (C=O) groups is 2. The summed E-state index contributed by atoms with van der Waals surface area (Å²) in [5.41, 5.74) is 3.98. The van der Waals surface area contributed by atoms with E-state index in [0.717, 1.165) is 32.8 Å².